The minimum Gasteiger partial charge on any atom is -0.277 e. The lowest BCUT2D eigenvalue weighted by atomic mass is 10.1. The van der Waals surface area contributed by atoms with Crippen molar-refractivity contribution < 1.29 is 9.63 Å². The van der Waals surface area contributed by atoms with Crippen molar-refractivity contribution in [3.8, 4) is 0 Å². The third kappa shape index (κ3) is 3.72. The van der Waals surface area contributed by atoms with Crippen LogP contribution in [0.5, 0.6) is 0 Å². The summed E-state index contributed by atoms with van der Waals surface area (Å²) in [6.07, 6.45) is 3.44. The van der Waals surface area contributed by atoms with Crippen LogP contribution < -0.4 is 5.48 Å². The zero-order valence-corrected chi connectivity index (χ0v) is 9.25. The predicted molar refractivity (Wildman–Crippen MR) is 59.5 cm³/mol. The van der Waals surface area contributed by atoms with E-state index in [1.54, 1.807) is 0 Å². The predicted octanol–water partition coefficient (Wildman–Crippen LogP) is 2.32. The van der Waals surface area contributed by atoms with E-state index in [2.05, 4.69) is 17.2 Å². The highest BCUT2D eigenvalue weighted by atomic mass is 16.6. The number of unbranched alkanes of at least 4 members (excludes halogenated alkanes) is 1. The molecule has 0 spiro atoms. The molecule has 15 heavy (non-hydrogen) atoms. The second-order valence-electron chi connectivity index (χ2n) is 3.44. The first-order chi connectivity index (χ1) is 7.27. The fourth-order valence-electron chi connectivity index (χ4n) is 1.36. The third-order valence-corrected chi connectivity index (χ3v) is 2.23. The van der Waals surface area contributed by atoms with Crippen LogP contribution in [0.3, 0.4) is 0 Å². The Hall–Kier alpha value is -1.35. The molecule has 82 valence electrons. The fourth-order valence-corrected chi connectivity index (χ4v) is 1.36. The highest BCUT2D eigenvalue weighted by Crippen LogP contribution is 2.07. The lowest BCUT2D eigenvalue weighted by Gasteiger charge is -2.03. The lowest BCUT2D eigenvalue weighted by Crippen LogP contribution is -2.21. The molecule has 1 amide bonds. The minimum absolute atomic E-state index is 0.209. The summed E-state index contributed by atoms with van der Waals surface area (Å²) in [6.45, 7) is 2.17. The zero-order chi connectivity index (χ0) is 11.1. The zero-order valence-electron chi connectivity index (χ0n) is 9.25. The van der Waals surface area contributed by atoms with Gasteiger partial charge in [-0.05, 0) is 30.5 Å². The number of carbonyl (C=O) groups is 1. The Kier molecular flexibility index (Phi) is 4.84. The van der Waals surface area contributed by atoms with Crippen molar-refractivity contribution in [2.45, 2.75) is 26.2 Å². The topological polar surface area (TPSA) is 38.3 Å². The molecule has 1 rings (SSSR count). The summed E-state index contributed by atoms with van der Waals surface area (Å²) in [5.41, 5.74) is 4.18. The van der Waals surface area contributed by atoms with E-state index in [0.717, 1.165) is 6.42 Å². The summed E-state index contributed by atoms with van der Waals surface area (Å²) in [5.74, 6) is -0.209. The molecule has 3 nitrogen and oxygen atoms in total. The molecule has 0 aromatic heterocycles. The maximum absolute atomic E-state index is 11.3. The van der Waals surface area contributed by atoms with Crippen molar-refractivity contribution >= 4 is 5.91 Å². The molecule has 0 aliphatic rings. The molecule has 0 fully saturated rings. The van der Waals surface area contributed by atoms with Gasteiger partial charge in [0, 0.05) is 5.56 Å². The van der Waals surface area contributed by atoms with Crippen LogP contribution >= 0.6 is 0 Å². The molecule has 0 saturated carbocycles. The van der Waals surface area contributed by atoms with Gasteiger partial charge in [-0.25, -0.2) is 5.48 Å². The highest BCUT2D eigenvalue weighted by Gasteiger charge is 2.03. The number of rotatable bonds is 5. The maximum Gasteiger partial charge on any atom is 0.274 e. The van der Waals surface area contributed by atoms with Gasteiger partial charge in [-0.3, -0.25) is 9.63 Å². The monoisotopic (exact) mass is 207 g/mol. The number of hydrogen-bond donors (Lipinski definition) is 1. The molecule has 0 heterocycles. The van der Waals surface area contributed by atoms with Gasteiger partial charge in [0.25, 0.3) is 5.91 Å². The normalized spacial score (nSPS) is 10.0. The number of amides is 1. The third-order valence-electron chi connectivity index (χ3n) is 2.23. The summed E-state index contributed by atoms with van der Waals surface area (Å²) in [4.78, 5) is 15.9. The molecule has 3 heteroatoms. The largest absolute Gasteiger partial charge is 0.277 e. The Balaban J connectivity index is 2.59. The fraction of sp³-hybridized carbons (Fsp3) is 0.417. The van der Waals surface area contributed by atoms with Crippen LogP contribution in [0.2, 0.25) is 0 Å². The SMILES string of the molecule is CCCCc1ccc(C(=O)NOC)cc1. The Labute approximate surface area is 90.4 Å². The number of hydrogen-bond acceptors (Lipinski definition) is 2. The molecular formula is C12H17NO2. The van der Waals surface area contributed by atoms with E-state index < -0.39 is 0 Å². The molecule has 0 radical (unpaired) electrons. The van der Waals surface area contributed by atoms with Gasteiger partial charge in [0.2, 0.25) is 0 Å². The molecule has 0 aliphatic heterocycles. The maximum atomic E-state index is 11.3. The average Bonchev–Trinajstić information content (AvgIpc) is 2.27. The molecule has 0 unspecified atom stereocenters. The molecule has 0 bridgehead atoms. The molecule has 1 aromatic rings. The summed E-state index contributed by atoms with van der Waals surface area (Å²) in [6, 6.07) is 7.61. The molecular weight excluding hydrogens is 190 g/mol. The van der Waals surface area contributed by atoms with Crippen LogP contribution in [0.1, 0.15) is 35.7 Å². The minimum atomic E-state index is -0.209. The van der Waals surface area contributed by atoms with Crippen molar-refractivity contribution in [3.05, 3.63) is 35.4 Å². The smallest absolute Gasteiger partial charge is 0.274 e. The number of nitrogens with one attached hydrogen (secondary N) is 1. The van der Waals surface area contributed by atoms with Crippen molar-refractivity contribution in [2.24, 2.45) is 0 Å². The number of hydroxylamine groups is 1. The number of benzene rings is 1. The Morgan fingerprint density at radius 2 is 2.00 bits per heavy atom. The quantitative estimate of drug-likeness (QED) is 0.752. The Morgan fingerprint density at radius 1 is 1.33 bits per heavy atom. The van der Waals surface area contributed by atoms with Gasteiger partial charge in [0.15, 0.2) is 0 Å². The van der Waals surface area contributed by atoms with Crippen LogP contribution in [0.25, 0.3) is 0 Å². The first kappa shape index (κ1) is 11.7. The van der Waals surface area contributed by atoms with E-state index in [0.29, 0.717) is 5.56 Å². The lowest BCUT2D eigenvalue weighted by molar-refractivity contribution is 0.0537. The van der Waals surface area contributed by atoms with Crippen LogP contribution in [0.15, 0.2) is 24.3 Å². The Morgan fingerprint density at radius 3 is 2.53 bits per heavy atom. The molecule has 1 N–H and O–H groups in total. The van der Waals surface area contributed by atoms with Gasteiger partial charge in [0.1, 0.15) is 0 Å². The van der Waals surface area contributed by atoms with E-state index in [9.17, 15) is 4.79 Å². The van der Waals surface area contributed by atoms with Crippen LogP contribution in [-0.4, -0.2) is 13.0 Å². The van der Waals surface area contributed by atoms with Crippen LogP contribution in [0.4, 0.5) is 0 Å². The van der Waals surface area contributed by atoms with E-state index in [4.69, 9.17) is 0 Å². The summed E-state index contributed by atoms with van der Waals surface area (Å²) < 4.78 is 0. The van der Waals surface area contributed by atoms with Crippen molar-refractivity contribution in [3.63, 3.8) is 0 Å². The van der Waals surface area contributed by atoms with Crippen molar-refractivity contribution in [1.82, 2.24) is 5.48 Å². The van der Waals surface area contributed by atoms with Gasteiger partial charge in [-0.1, -0.05) is 25.5 Å². The molecule has 1 aromatic carbocycles. The van der Waals surface area contributed by atoms with Gasteiger partial charge >= 0.3 is 0 Å². The van der Waals surface area contributed by atoms with Gasteiger partial charge < -0.3 is 0 Å². The van der Waals surface area contributed by atoms with Crippen LogP contribution in [-0.2, 0) is 11.3 Å². The molecule has 0 saturated heterocycles. The first-order valence-electron chi connectivity index (χ1n) is 5.20. The summed E-state index contributed by atoms with van der Waals surface area (Å²) >= 11 is 0. The first-order valence-corrected chi connectivity index (χ1v) is 5.20. The highest BCUT2D eigenvalue weighted by molar-refractivity contribution is 5.93. The van der Waals surface area contributed by atoms with Gasteiger partial charge in [-0.15, -0.1) is 0 Å². The molecule has 0 atom stereocenters. The number of aryl methyl sites for hydroxylation is 1. The Bertz CT molecular complexity index is 306. The van der Waals surface area contributed by atoms with Crippen molar-refractivity contribution in [1.29, 1.82) is 0 Å². The van der Waals surface area contributed by atoms with Crippen LogP contribution in [0, 0.1) is 0 Å². The standard InChI is InChI=1S/C12H17NO2/c1-3-4-5-10-6-8-11(9-7-10)12(14)13-15-2/h6-9H,3-5H2,1-2H3,(H,13,14). The van der Waals surface area contributed by atoms with Crippen molar-refractivity contribution in [2.75, 3.05) is 7.11 Å². The average molecular weight is 207 g/mol. The van der Waals surface area contributed by atoms with E-state index in [1.165, 1.54) is 25.5 Å². The second kappa shape index (κ2) is 6.19. The van der Waals surface area contributed by atoms with E-state index >= 15 is 0 Å². The van der Waals surface area contributed by atoms with Gasteiger partial charge in [-0.2, -0.15) is 0 Å². The number of carbonyl (C=O) groups excluding carboxylic acids is 1. The summed E-state index contributed by atoms with van der Waals surface area (Å²) in [7, 11) is 1.42. The van der Waals surface area contributed by atoms with Gasteiger partial charge in [0.05, 0.1) is 7.11 Å². The molecule has 0 aliphatic carbocycles. The van der Waals surface area contributed by atoms with E-state index in [1.807, 2.05) is 24.3 Å². The summed E-state index contributed by atoms with van der Waals surface area (Å²) in [5, 5.41) is 0. The van der Waals surface area contributed by atoms with E-state index in [-0.39, 0.29) is 5.91 Å². The second-order valence-corrected chi connectivity index (χ2v) is 3.44.